The van der Waals surface area contributed by atoms with Crippen molar-refractivity contribution in [1.29, 1.82) is 0 Å². The van der Waals surface area contributed by atoms with E-state index < -0.39 is 0 Å². The maximum absolute atomic E-state index is 11.3. The number of rotatable bonds is 5. The number of nitrogens with zero attached hydrogens (tertiary/aromatic N) is 1. The molecular weight excluding hydrogens is 373 g/mol. The summed E-state index contributed by atoms with van der Waals surface area (Å²) in [6, 6.07) is 1.56. The van der Waals surface area contributed by atoms with Crippen LogP contribution >= 0.6 is 34.8 Å². The van der Waals surface area contributed by atoms with E-state index in [1.54, 1.807) is 19.1 Å². The van der Waals surface area contributed by atoms with E-state index in [1.165, 1.54) is 0 Å². The number of aliphatic imine (C=N–C) groups is 1. The van der Waals surface area contributed by atoms with Crippen LogP contribution in [0.15, 0.2) is 23.7 Å². The average molecular weight is 391 g/mol. The summed E-state index contributed by atoms with van der Waals surface area (Å²) in [6.07, 6.45) is 2.57. The fourth-order valence-corrected chi connectivity index (χ4v) is 3.17. The second-order valence-electron chi connectivity index (χ2n) is 5.21. The number of halogens is 3. The third-order valence-electron chi connectivity index (χ3n) is 3.52. The molecule has 1 unspecified atom stereocenters. The van der Waals surface area contributed by atoms with Crippen molar-refractivity contribution >= 4 is 46.5 Å². The fraction of sp³-hybridized carbons (Fsp3) is 0.375. The number of carbonyl (C=O) groups excluding carboxylic acids is 1. The standard InChI is InChI=1S/C16H18Cl3N3O2/c1-3-5-24-16-11(18)7-10(17)15(19)14(16)9-6-12(20-8-9)21-22-13(23)4-2/h3,7,9H,1,4-6,8H2,2H3,(H,20,21)(H,22,23). The molecule has 1 aromatic carbocycles. The summed E-state index contributed by atoms with van der Waals surface area (Å²) >= 11 is 18.8. The Bertz CT molecular complexity index is 677. The summed E-state index contributed by atoms with van der Waals surface area (Å²) in [4.78, 5) is 15.7. The summed E-state index contributed by atoms with van der Waals surface area (Å²) in [5, 5.41) is 1.16. The van der Waals surface area contributed by atoms with Crippen LogP contribution < -0.4 is 15.6 Å². The minimum atomic E-state index is -0.111. The Morgan fingerprint density at radius 3 is 2.88 bits per heavy atom. The number of hydrazine groups is 1. The summed E-state index contributed by atoms with van der Waals surface area (Å²) in [7, 11) is 0. The zero-order chi connectivity index (χ0) is 17.7. The molecule has 0 aromatic heterocycles. The summed E-state index contributed by atoms with van der Waals surface area (Å²) in [6.45, 7) is 6.20. The lowest BCUT2D eigenvalue weighted by molar-refractivity contribution is -0.121. The minimum absolute atomic E-state index is 0.0467. The second-order valence-corrected chi connectivity index (χ2v) is 6.40. The van der Waals surface area contributed by atoms with Gasteiger partial charge in [-0.05, 0) is 6.07 Å². The van der Waals surface area contributed by atoms with Crippen LogP contribution in [0.2, 0.25) is 15.1 Å². The van der Waals surface area contributed by atoms with E-state index in [2.05, 4.69) is 22.4 Å². The fourth-order valence-electron chi connectivity index (χ4n) is 2.35. The highest BCUT2D eigenvalue weighted by molar-refractivity contribution is 6.44. The van der Waals surface area contributed by atoms with Crippen molar-refractivity contribution in [1.82, 2.24) is 10.9 Å². The molecular formula is C16H18Cl3N3O2. The lowest BCUT2D eigenvalue weighted by Crippen LogP contribution is -2.40. The molecule has 0 saturated heterocycles. The van der Waals surface area contributed by atoms with Crippen LogP contribution in [0.25, 0.3) is 0 Å². The summed E-state index contributed by atoms with van der Waals surface area (Å²) in [5.41, 5.74) is 6.13. The van der Waals surface area contributed by atoms with E-state index in [1.807, 2.05) is 0 Å². The molecule has 0 radical (unpaired) electrons. The SMILES string of the molecule is C=CCOc1c(Cl)cc(Cl)c(Cl)c1C1CN=C(NNC(=O)CC)C1. The first-order chi connectivity index (χ1) is 11.5. The molecule has 1 aromatic rings. The predicted octanol–water partition coefficient (Wildman–Crippen LogP) is 4.13. The quantitative estimate of drug-likeness (QED) is 0.451. The normalized spacial score (nSPS) is 16.5. The van der Waals surface area contributed by atoms with Gasteiger partial charge < -0.3 is 4.74 Å². The van der Waals surface area contributed by atoms with Crippen molar-refractivity contribution in [3.05, 3.63) is 39.4 Å². The molecule has 0 spiro atoms. The smallest absolute Gasteiger partial charge is 0.238 e. The van der Waals surface area contributed by atoms with Gasteiger partial charge in [-0.25, -0.2) is 0 Å². The van der Waals surface area contributed by atoms with Gasteiger partial charge in [0.2, 0.25) is 5.91 Å². The first-order valence-electron chi connectivity index (χ1n) is 7.47. The first-order valence-corrected chi connectivity index (χ1v) is 8.60. The minimum Gasteiger partial charge on any atom is -0.488 e. The molecule has 1 aliphatic heterocycles. The van der Waals surface area contributed by atoms with Crippen LogP contribution in [0.5, 0.6) is 5.75 Å². The number of nitrogens with one attached hydrogen (secondary N) is 2. The molecule has 1 amide bonds. The van der Waals surface area contributed by atoms with Crippen molar-refractivity contribution < 1.29 is 9.53 Å². The molecule has 130 valence electrons. The molecule has 1 heterocycles. The molecule has 1 aliphatic rings. The number of hydrogen-bond donors (Lipinski definition) is 2. The van der Waals surface area contributed by atoms with Gasteiger partial charge in [0.1, 0.15) is 18.2 Å². The van der Waals surface area contributed by atoms with E-state index in [0.717, 1.165) is 5.56 Å². The Morgan fingerprint density at radius 2 is 2.21 bits per heavy atom. The van der Waals surface area contributed by atoms with E-state index in [9.17, 15) is 4.79 Å². The molecule has 2 N–H and O–H groups in total. The lowest BCUT2D eigenvalue weighted by atomic mass is 9.96. The van der Waals surface area contributed by atoms with Crippen LogP contribution in [-0.4, -0.2) is 24.9 Å². The van der Waals surface area contributed by atoms with Gasteiger partial charge in [0, 0.05) is 30.9 Å². The topological polar surface area (TPSA) is 62.7 Å². The van der Waals surface area contributed by atoms with Gasteiger partial charge >= 0.3 is 0 Å². The van der Waals surface area contributed by atoms with E-state index >= 15 is 0 Å². The molecule has 1 atom stereocenters. The number of benzene rings is 1. The number of carbonyl (C=O) groups is 1. The van der Waals surface area contributed by atoms with Crippen LogP contribution in [0.4, 0.5) is 0 Å². The Labute approximate surface area is 156 Å². The number of amidine groups is 1. The Balaban J connectivity index is 2.20. The maximum Gasteiger partial charge on any atom is 0.238 e. The van der Waals surface area contributed by atoms with Crippen LogP contribution in [-0.2, 0) is 4.79 Å². The molecule has 0 aliphatic carbocycles. The lowest BCUT2D eigenvalue weighted by Gasteiger charge is -2.19. The van der Waals surface area contributed by atoms with E-state index in [0.29, 0.717) is 52.6 Å². The van der Waals surface area contributed by atoms with Crippen molar-refractivity contribution in [2.45, 2.75) is 25.7 Å². The Kier molecular flexibility index (Phi) is 6.78. The van der Waals surface area contributed by atoms with Crippen molar-refractivity contribution in [3.8, 4) is 5.75 Å². The number of ether oxygens (including phenoxy) is 1. The summed E-state index contributed by atoms with van der Waals surface area (Å²) in [5.74, 6) is 1.00. The predicted molar refractivity (Wildman–Crippen MR) is 98.4 cm³/mol. The van der Waals surface area contributed by atoms with Gasteiger partial charge in [0.25, 0.3) is 0 Å². The number of amides is 1. The van der Waals surface area contributed by atoms with E-state index in [4.69, 9.17) is 39.5 Å². The molecule has 0 bridgehead atoms. The van der Waals surface area contributed by atoms with E-state index in [-0.39, 0.29) is 11.8 Å². The highest BCUT2D eigenvalue weighted by Gasteiger charge is 2.28. The highest BCUT2D eigenvalue weighted by atomic mass is 35.5. The van der Waals surface area contributed by atoms with Gasteiger partial charge in [-0.3, -0.25) is 20.6 Å². The molecule has 5 nitrogen and oxygen atoms in total. The highest BCUT2D eigenvalue weighted by Crippen LogP contribution is 2.45. The van der Waals surface area contributed by atoms with Crippen LogP contribution in [0.3, 0.4) is 0 Å². The third kappa shape index (κ3) is 4.35. The molecule has 2 rings (SSSR count). The molecule has 0 fully saturated rings. The van der Waals surface area contributed by atoms with Crippen LogP contribution in [0.1, 0.15) is 31.2 Å². The van der Waals surface area contributed by atoms with Gasteiger partial charge in [0.05, 0.1) is 15.1 Å². The van der Waals surface area contributed by atoms with Crippen molar-refractivity contribution in [2.24, 2.45) is 4.99 Å². The van der Waals surface area contributed by atoms with Crippen molar-refractivity contribution in [3.63, 3.8) is 0 Å². The Hall–Kier alpha value is -1.43. The molecule has 24 heavy (non-hydrogen) atoms. The molecule has 0 saturated carbocycles. The van der Waals surface area contributed by atoms with Gasteiger partial charge in [-0.1, -0.05) is 54.4 Å². The molecule has 8 heteroatoms. The second kappa shape index (κ2) is 8.60. The maximum atomic E-state index is 11.3. The summed E-state index contributed by atoms with van der Waals surface area (Å²) < 4.78 is 5.68. The van der Waals surface area contributed by atoms with Crippen LogP contribution in [0, 0.1) is 0 Å². The van der Waals surface area contributed by atoms with Crippen molar-refractivity contribution in [2.75, 3.05) is 13.2 Å². The largest absolute Gasteiger partial charge is 0.488 e. The van der Waals surface area contributed by atoms with Gasteiger partial charge in [0.15, 0.2) is 0 Å². The number of hydrogen-bond acceptors (Lipinski definition) is 4. The first kappa shape index (κ1) is 18.9. The Morgan fingerprint density at radius 1 is 1.46 bits per heavy atom. The third-order valence-corrected chi connectivity index (χ3v) is 4.61. The zero-order valence-corrected chi connectivity index (χ0v) is 15.4. The monoisotopic (exact) mass is 389 g/mol. The van der Waals surface area contributed by atoms with Gasteiger partial charge in [-0.15, -0.1) is 0 Å². The average Bonchev–Trinajstić information content (AvgIpc) is 3.03. The van der Waals surface area contributed by atoms with Gasteiger partial charge in [-0.2, -0.15) is 0 Å². The zero-order valence-electron chi connectivity index (χ0n) is 13.2.